The number of halogens is 2. The number of nitrogens with zero attached hydrogens (tertiary/aromatic N) is 1. The van der Waals surface area contributed by atoms with Gasteiger partial charge >= 0.3 is 6.03 Å². The van der Waals surface area contributed by atoms with Crippen LogP contribution in [0.2, 0.25) is 0 Å². The molecule has 33 heavy (non-hydrogen) atoms. The molecule has 184 valence electrons. The fourth-order valence-corrected chi connectivity index (χ4v) is 4.00. The van der Waals surface area contributed by atoms with Crippen LogP contribution < -0.4 is 16.0 Å². The van der Waals surface area contributed by atoms with Crippen LogP contribution in [0.15, 0.2) is 18.2 Å². The maximum absolute atomic E-state index is 13.7. The van der Waals surface area contributed by atoms with Crippen LogP contribution in [0, 0.1) is 11.6 Å². The molecule has 1 aromatic carbocycles. The van der Waals surface area contributed by atoms with Gasteiger partial charge in [0.1, 0.15) is 17.7 Å². The summed E-state index contributed by atoms with van der Waals surface area (Å²) in [6.45, 7) is 4.45. The van der Waals surface area contributed by atoms with Gasteiger partial charge in [-0.1, -0.05) is 0 Å². The van der Waals surface area contributed by atoms with E-state index in [0.29, 0.717) is 19.4 Å². The Kier molecular flexibility index (Phi) is 9.79. The molecule has 2 aliphatic heterocycles. The van der Waals surface area contributed by atoms with Crippen molar-refractivity contribution >= 4 is 17.6 Å². The summed E-state index contributed by atoms with van der Waals surface area (Å²) in [5, 5.41) is 17.5. The highest BCUT2D eigenvalue weighted by Crippen LogP contribution is 2.22. The van der Waals surface area contributed by atoms with Gasteiger partial charge in [0.05, 0.1) is 44.1 Å². The molecule has 0 unspecified atom stereocenters. The molecular weight excluding hydrogens is 438 g/mol. The van der Waals surface area contributed by atoms with E-state index in [0.717, 1.165) is 57.5 Å². The predicted molar refractivity (Wildman–Crippen MR) is 117 cm³/mol. The van der Waals surface area contributed by atoms with E-state index < -0.39 is 29.8 Å². The van der Waals surface area contributed by atoms with Crippen molar-refractivity contribution in [2.24, 2.45) is 0 Å². The molecule has 0 aromatic heterocycles. The molecule has 1 aromatic rings. The lowest BCUT2D eigenvalue weighted by Crippen LogP contribution is -2.52. The molecule has 0 saturated carbocycles. The third-order valence-electron chi connectivity index (χ3n) is 5.78. The van der Waals surface area contributed by atoms with Crippen LogP contribution in [0.25, 0.3) is 0 Å². The third kappa shape index (κ3) is 8.18. The minimum atomic E-state index is -0.763. The normalized spacial score (nSPS) is 23.7. The first-order valence-electron chi connectivity index (χ1n) is 11.3. The lowest BCUT2D eigenvalue weighted by atomic mass is 9.97. The topological polar surface area (TPSA) is 112 Å². The van der Waals surface area contributed by atoms with Crippen LogP contribution in [-0.4, -0.2) is 86.2 Å². The first-order valence-corrected chi connectivity index (χ1v) is 11.3. The van der Waals surface area contributed by atoms with Gasteiger partial charge in [-0.25, -0.2) is 13.6 Å². The van der Waals surface area contributed by atoms with Crippen LogP contribution in [0.4, 0.5) is 19.3 Å². The van der Waals surface area contributed by atoms with Gasteiger partial charge in [-0.2, -0.15) is 0 Å². The lowest BCUT2D eigenvalue weighted by Gasteiger charge is -2.36. The zero-order valence-electron chi connectivity index (χ0n) is 18.5. The first kappa shape index (κ1) is 25.3. The van der Waals surface area contributed by atoms with E-state index in [1.807, 2.05) is 0 Å². The van der Waals surface area contributed by atoms with E-state index in [2.05, 4.69) is 20.9 Å². The molecule has 9 nitrogen and oxygen atoms in total. The summed E-state index contributed by atoms with van der Waals surface area (Å²) in [6.07, 6.45) is 0.922. The summed E-state index contributed by atoms with van der Waals surface area (Å²) in [6, 6.07) is 1.49. The predicted octanol–water partition coefficient (Wildman–Crippen LogP) is 1.22. The van der Waals surface area contributed by atoms with Crippen molar-refractivity contribution in [3.05, 3.63) is 29.8 Å². The van der Waals surface area contributed by atoms with Gasteiger partial charge in [-0.05, 0) is 37.9 Å². The second-order valence-corrected chi connectivity index (χ2v) is 8.25. The number of amides is 3. The van der Waals surface area contributed by atoms with E-state index in [9.17, 15) is 23.5 Å². The summed E-state index contributed by atoms with van der Waals surface area (Å²) in [5.41, 5.74) is -0.284. The molecule has 0 spiro atoms. The monoisotopic (exact) mass is 470 g/mol. The Morgan fingerprint density at radius 1 is 1.18 bits per heavy atom. The number of rotatable bonds is 9. The number of carbonyl (C=O) groups excluding carboxylic acids is 2. The number of urea groups is 1. The molecule has 4 N–H and O–H groups in total. The number of anilines is 1. The van der Waals surface area contributed by atoms with E-state index in [4.69, 9.17) is 9.47 Å². The van der Waals surface area contributed by atoms with Gasteiger partial charge in [0.2, 0.25) is 5.91 Å². The van der Waals surface area contributed by atoms with Crippen molar-refractivity contribution in [1.29, 1.82) is 0 Å². The third-order valence-corrected chi connectivity index (χ3v) is 5.78. The van der Waals surface area contributed by atoms with Gasteiger partial charge in [0.15, 0.2) is 0 Å². The number of hydrogen-bond acceptors (Lipinski definition) is 6. The largest absolute Gasteiger partial charge is 0.394 e. The van der Waals surface area contributed by atoms with Gasteiger partial charge in [-0.15, -0.1) is 0 Å². The molecule has 3 atom stereocenters. The molecule has 2 heterocycles. The summed E-state index contributed by atoms with van der Waals surface area (Å²) in [5.74, 6) is -1.56. The van der Waals surface area contributed by atoms with Gasteiger partial charge < -0.3 is 30.5 Å². The summed E-state index contributed by atoms with van der Waals surface area (Å²) >= 11 is 0. The van der Waals surface area contributed by atoms with Crippen LogP contribution in [0.3, 0.4) is 0 Å². The van der Waals surface area contributed by atoms with Crippen molar-refractivity contribution in [1.82, 2.24) is 15.5 Å². The average molecular weight is 471 g/mol. The molecule has 0 radical (unpaired) electrons. The maximum atomic E-state index is 13.7. The van der Waals surface area contributed by atoms with Gasteiger partial charge in [0, 0.05) is 25.7 Å². The molecule has 2 aliphatic rings. The Balaban J connectivity index is 1.37. The Morgan fingerprint density at radius 3 is 2.73 bits per heavy atom. The number of ether oxygens (including phenoxy) is 2. The van der Waals surface area contributed by atoms with E-state index in [-0.39, 0.29) is 30.7 Å². The average Bonchev–Trinajstić information content (AvgIpc) is 2.81. The molecule has 0 bridgehead atoms. The molecule has 0 aliphatic carbocycles. The summed E-state index contributed by atoms with van der Waals surface area (Å²) in [7, 11) is 0. The number of benzene rings is 1. The number of morpholine rings is 1. The number of hydrogen-bond donors (Lipinski definition) is 4. The number of aliphatic hydroxyl groups is 1. The minimum absolute atomic E-state index is 0.121. The van der Waals surface area contributed by atoms with E-state index in [1.165, 1.54) is 0 Å². The molecule has 3 amide bonds. The van der Waals surface area contributed by atoms with Crippen molar-refractivity contribution in [3.63, 3.8) is 0 Å². The Labute approximate surface area is 191 Å². The second kappa shape index (κ2) is 12.8. The first-order chi connectivity index (χ1) is 15.9. The maximum Gasteiger partial charge on any atom is 0.319 e. The Hall–Kier alpha value is -2.34. The van der Waals surface area contributed by atoms with Gasteiger partial charge in [-0.3, -0.25) is 9.69 Å². The van der Waals surface area contributed by atoms with Crippen molar-refractivity contribution in [2.75, 3.05) is 51.3 Å². The highest BCUT2D eigenvalue weighted by Gasteiger charge is 2.33. The van der Waals surface area contributed by atoms with Crippen LogP contribution in [-0.2, 0) is 14.3 Å². The van der Waals surface area contributed by atoms with Crippen LogP contribution >= 0.6 is 0 Å². The fourth-order valence-electron chi connectivity index (χ4n) is 4.00. The van der Waals surface area contributed by atoms with Crippen molar-refractivity contribution in [3.8, 4) is 0 Å². The molecule has 2 saturated heterocycles. The Bertz CT molecular complexity index is 794. The second-order valence-electron chi connectivity index (χ2n) is 8.25. The number of aliphatic hydroxyl groups excluding tert-OH is 1. The number of nitrogens with one attached hydrogen (secondary N) is 3. The summed E-state index contributed by atoms with van der Waals surface area (Å²) in [4.78, 5) is 26.8. The Morgan fingerprint density at radius 2 is 1.97 bits per heavy atom. The summed E-state index contributed by atoms with van der Waals surface area (Å²) < 4.78 is 38.1. The molecule has 2 fully saturated rings. The highest BCUT2D eigenvalue weighted by atomic mass is 19.1. The minimum Gasteiger partial charge on any atom is -0.394 e. The van der Waals surface area contributed by atoms with Crippen LogP contribution in [0.5, 0.6) is 0 Å². The number of carbonyl (C=O) groups is 2. The van der Waals surface area contributed by atoms with Gasteiger partial charge in [0.25, 0.3) is 0 Å². The van der Waals surface area contributed by atoms with Crippen molar-refractivity contribution in [2.45, 2.75) is 43.9 Å². The van der Waals surface area contributed by atoms with E-state index in [1.54, 1.807) is 0 Å². The molecular formula is C22H32F2N4O5. The lowest BCUT2D eigenvalue weighted by molar-refractivity contribution is -0.130. The zero-order chi connectivity index (χ0) is 23.6. The standard InChI is InChI=1S/C22H32F2N4O5/c23-15-2-4-17(24)19(12-15)27-22(31)26-18-5-3-16(33-20(18)14-29)13-21(30)25-6-1-7-28-8-10-32-11-9-28/h2,4,12,16,18,20,29H,1,3,5-11,13-14H2,(H,25,30)(H2,26,27,31)/t16-,18-,20-/m1/s1. The van der Waals surface area contributed by atoms with Crippen molar-refractivity contribution < 1.29 is 33.0 Å². The zero-order valence-corrected chi connectivity index (χ0v) is 18.5. The fraction of sp³-hybridized carbons (Fsp3) is 0.636. The SMILES string of the molecule is O=C(C[C@H]1CC[C@@H](NC(=O)Nc2cc(F)ccc2F)[C@@H](CO)O1)NCCCN1CCOCC1. The highest BCUT2D eigenvalue weighted by molar-refractivity contribution is 5.89. The smallest absolute Gasteiger partial charge is 0.319 e. The van der Waals surface area contributed by atoms with Crippen LogP contribution in [0.1, 0.15) is 25.7 Å². The van der Waals surface area contributed by atoms with E-state index >= 15 is 0 Å². The molecule has 3 rings (SSSR count). The quantitative estimate of drug-likeness (QED) is 0.404. The molecule has 11 heteroatoms.